The summed E-state index contributed by atoms with van der Waals surface area (Å²) in [6, 6.07) is 0. The Morgan fingerprint density at radius 2 is 2.00 bits per heavy atom. The van der Waals surface area contributed by atoms with E-state index in [0.29, 0.717) is 0 Å². The fourth-order valence-electron chi connectivity index (χ4n) is 0.918. The van der Waals surface area contributed by atoms with E-state index in [9.17, 15) is 0 Å². The van der Waals surface area contributed by atoms with Gasteiger partial charge in [0.25, 0.3) is 0 Å². The van der Waals surface area contributed by atoms with Crippen LogP contribution in [-0.4, -0.2) is 0 Å². The average Bonchev–Trinajstić information content (AvgIpc) is 2.01. The predicted molar refractivity (Wildman–Crippen MR) is 65.3 cm³/mol. The zero-order chi connectivity index (χ0) is 10.5. The molecule has 0 atom stereocenters. The molecule has 0 aliphatic rings. The van der Waals surface area contributed by atoms with Crippen LogP contribution in [0.2, 0.25) is 0 Å². The van der Waals surface area contributed by atoms with Crippen LogP contribution >= 0.6 is 27.5 Å². The van der Waals surface area contributed by atoms with Crippen LogP contribution in [-0.2, 0) is 0 Å². The van der Waals surface area contributed by atoms with Crippen molar-refractivity contribution in [3.63, 3.8) is 0 Å². The fourth-order valence-corrected chi connectivity index (χ4v) is 1.89. The van der Waals surface area contributed by atoms with Crippen LogP contribution in [0.1, 0.15) is 40.0 Å². The van der Waals surface area contributed by atoms with E-state index in [0.717, 1.165) is 28.8 Å². The fraction of sp³-hybridized carbons (Fsp3) is 0.636. The highest BCUT2D eigenvalue weighted by Crippen LogP contribution is 2.35. The molecule has 0 N–H and O–H groups in total. The van der Waals surface area contributed by atoms with Gasteiger partial charge in [-0.15, -0.1) is 6.58 Å². The van der Waals surface area contributed by atoms with Crippen LogP contribution in [0.4, 0.5) is 0 Å². The lowest BCUT2D eigenvalue weighted by atomic mass is 9.95. The van der Waals surface area contributed by atoms with Crippen LogP contribution in [0.15, 0.2) is 22.2 Å². The summed E-state index contributed by atoms with van der Waals surface area (Å²) in [5.74, 6) is 0. The van der Waals surface area contributed by atoms with Gasteiger partial charge >= 0.3 is 0 Å². The SMILES string of the molecule is C=CCCC/C(Br)=C(/Cl)C(C)(C)C. The van der Waals surface area contributed by atoms with Crippen molar-refractivity contribution in [3.8, 4) is 0 Å². The minimum atomic E-state index is 0.0502. The summed E-state index contributed by atoms with van der Waals surface area (Å²) in [4.78, 5) is 0. The van der Waals surface area contributed by atoms with Gasteiger partial charge in [0.1, 0.15) is 0 Å². The lowest BCUT2D eigenvalue weighted by Gasteiger charge is -2.19. The van der Waals surface area contributed by atoms with E-state index in [2.05, 4.69) is 43.3 Å². The Balaban J connectivity index is 4.19. The zero-order valence-corrected chi connectivity index (χ0v) is 11.0. The first-order valence-corrected chi connectivity index (χ1v) is 5.72. The summed E-state index contributed by atoms with van der Waals surface area (Å²) in [5, 5.41) is 0.927. The van der Waals surface area contributed by atoms with Gasteiger partial charge in [-0.1, -0.05) is 54.4 Å². The Morgan fingerprint density at radius 1 is 1.46 bits per heavy atom. The maximum atomic E-state index is 6.19. The molecule has 0 saturated heterocycles. The smallest absolute Gasteiger partial charge is 0.0335 e. The third-order valence-electron chi connectivity index (χ3n) is 1.70. The van der Waals surface area contributed by atoms with Gasteiger partial charge in [-0.25, -0.2) is 0 Å². The van der Waals surface area contributed by atoms with Gasteiger partial charge in [-0.3, -0.25) is 0 Å². The largest absolute Gasteiger partial charge is 0.103 e. The van der Waals surface area contributed by atoms with E-state index in [-0.39, 0.29) is 5.41 Å². The molecule has 0 spiro atoms. The number of allylic oxidation sites excluding steroid dienone is 3. The third-order valence-corrected chi connectivity index (χ3v) is 3.52. The minimum Gasteiger partial charge on any atom is -0.103 e. The van der Waals surface area contributed by atoms with Crippen molar-refractivity contribution >= 4 is 27.5 Å². The lowest BCUT2D eigenvalue weighted by Crippen LogP contribution is -2.06. The molecule has 0 amide bonds. The van der Waals surface area contributed by atoms with Gasteiger partial charge in [-0.05, 0) is 24.7 Å². The number of unbranched alkanes of at least 4 members (excludes halogenated alkanes) is 1. The molecule has 0 aromatic carbocycles. The van der Waals surface area contributed by atoms with E-state index in [1.165, 1.54) is 0 Å². The summed E-state index contributed by atoms with van der Waals surface area (Å²) < 4.78 is 1.13. The van der Waals surface area contributed by atoms with E-state index in [1.807, 2.05) is 6.08 Å². The van der Waals surface area contributed by atoms with Crippen molar-refractivity contribution in [2.45, 2.75) is 40.0 Å². The van der Waals surface area contributed by atoms with Crippen LogP contribution in [0.3, 0.4) is 0 Å². The molecule has 0 bridgehead atoms. The maximum absolute atomic E-state index is 6.19. The first kappa shape index (κ1) is 13.2. The average molecular weight is 266 g/mol. The molecule has 0 rings (SSSR count). The first-order chi connectivity index (χ1) is 5.89. The second-order valence-electron chi connectivity index (χ2n) is 4.15. The van der Waals surface area contributed by atoms with Crippen LogP contribution in [0, 0.1) is 5.41 Å². The third kappa shape index (κ3) is 5.53. The molecule has 0 saturated carbocycles. The van der Waals surface area contributed by atoms with Gasteiger partial charge in [-0.2, -0.15) is 0 Å². The van der Waals surface area contributed by atoms with Crippen molar-refractivity contribution in [2.24, 2.45) is 5.41 Å². The summed E-state index contributed by atoms with van der Waals surface area (Å²) in [6.45, 7) is 10.0. The monoisotopic (exact) mass is 264 g/mol. The van der Waals surface area contributed by atoms with E-state index in [1.54, 1.807) is 0 Å². The molecule has 0 aromatic heterocycles. The Hall–Kier alpha value is 0.250. The summed E-state index contributed by atoms with van der Waals surface area (Å²) in [5.41, 5.74) is 0.0502. The van der Waals surface area contributed by atoms with Crippen molar-refractivity contribution in [3.05, 3.63) is 22.2 Å². The van der Waals surface area contributed by atoms with Crippen molar-refractivity contribution in [1.29, 1.82) is 0 Å². The van der Waals surface area contributed by atoms with Gasteiger partial charge in [0.15, 0.2) is 0 Å². The summed E-state index contributed by atoms with van der Waals surface area (Å²) >= 11 is 9.72. The Morgan fingerprint density at radius 3 is 2.38 bits per heavy atom. The number of hydrogen-bond donors (Lipinski definition) is 0. The Bertz CT molecular complexity index is 199. The van der Waals surface area contributed by atoms with Crippen molar-refractivity contribution in [1.82, 2.24) is 0 Å². The highest BCUT2D eigenvalue weighted by atomic mass is 79.9. The second kappa shape index (κ2) is 5.87. The Labute approximate surface area is 95.2 Å². The molecule has 0 radical (unpaired) electrons. The number of halogens is 2. The van der Waals surface area contributed by atoms with Crippen LogP contribution in [0.5, 0.6) is 0 Å². The minimum absolute atomic E-state index is 0.0502. The highest BCUT2D eigenvalue weighted by molar-refractivity contribution is 9.11. The molecular formula is C11H18BrCl. The maximum Gasteiger partial charge on any atom is 0.0335 e. The highest BCUT2D eigenvalue weighted by Gasteiger charge is 2.17. The molecular weight excluding hydrogens is 247 g/mol. The molecule has 0 aromatic rings. The normalized spacial score (nSPS) is 13.9. The van der Waals surface area contributed by atoms with Gasteiger partial charge < -0.3 is 0 Å². The summed E-state index contributed by atoms with van der Waals surface area (Å²) in [7, 11) is 0. The molecule has 0 fully saturated rings. The number of hydrogen-bond acceptors (Lipinski definition) is 0. The van der Waals surface area contributed by atoms with E-state index >= 15 is 0 Å². The van der Waals surface area contributed by atoms with E-state index in [4.69, 9.17) is 11.6 Å². The molecule has 0 heterocycles. The van der Waals surface area contributed by atoms with Crippen LogP contribution < -0.4 is 0 Å². The molecule has 0 nitrogen and oxygen atoms in total. The molecule has 0 unspecified atom stereocenters. The molecule has 0 aliphatic carbocycles. The lowest BCUT2D eigenvalue weighted by molar-refractivity contribution is 0.527. The van der Waals surface area contributed by atoms with Gasteiger partial charge in [0, 0.05) is 9.51 Å². The quantitative estimate of drug-likeness (QED) is 0.482. The van der Waals surface area contributed by atoms with Crippen molar-refractivity contribution < 1.29 is 0 Å². The first-order valence-electron chi connectivity index (χ1n) is 4.55. The standard InChI is InChI=1S/C11H18BrCl/c1-5-6-7-8-9(12)10(13)11(2,3)4/h5H,1,6-8H2,2-4H3/b10-9-. The van der Waals surface area contributed by atoms with Gasteiger partial charge in [0.05, 0.1) is 0 Å². The second-order valence-corrected chi connectivity index (χ2v) is 5.48. The molecule has 13 heavy (non-hydrogen) atoms. The van der Waals surface area contributed by atoms with Crippen LogP contribution in [0.25, 0.3) is 0 Å². The molecule has 76 valence electrons. The Kier molecular flexibility index (Phi) is 5.98. The number of rotatable bonds is 4. The van der Waals surface area contributed by atoms with Gasteiger partial charge in [0.2, 0.25) is 0 Å². The molecule has 0 aliphatic heterocycles. The van der Waals surface area contributed by atoms with Crippen molar-refractivity contribution in [2.75, 3.05) is 0 Å². The topological polar surface area (TPSA) is 0 Å². The zero-order valence-electron chi connectivity index (χ0n) is 8.66. The predicted octanol–water partition coefficient (Wildman–Crippen LogP) is 5.23. The van der Waals surface area contributed by atoms with E-state index < -0.39 is 0 Å². The molecule has 2 heteroatoms. The summed E-state index contributed by atoms with van der Waals surface area (Å²) in [6.07, 6.45) is 5.09.